The van der Waals surface area contributed by atoms with Crippen LogP contribution in [0.4, 0.5) is 0 Å². The van der Waals surface area contributed by atoms with E-state index in [2.05, 4.69) is 12.2 Å². The molecular formula is C13H17NO3S. The Morgan fingerprint density at radius 2 is 2.22 bits per heavy atom. The van der Waals surface area contributed by atoms with Crippen LogP contribution in [-0.2, 0) is 4.79 Å². The number of carboxylic acid groups (broad SMARTS) is 1. The number of rotatable bonds is 5. The smallest absolute Gasteiger partial charge is 0.321 e. The molecule has 1 fully saturated rings. The molecule has 1 aromatic rings. The van der Waals surface area contributed by atoms with Crippen molar-refractivity contribution in [1.29, 1.82) is 0 Å². The predicted octanol–water partition coefficient (Wildman–Crippen LogP) is 2.26. The number of hydrogen-bond acceptors (Lipinski definition) is 4. The summed E-state index contributed by atoms with van der Waals surface area (Å²) in [5.74, 6) is 0.681. The van der Waals surface area contributed by atoms with Crippen LogP contribution in [0.1, 0.15) is 24.3 Å². The number of carboxylic acids is 1. The van der Waals surface area contributed by atoms with Gasteiger partial charge in [-0.05, 0) is 24.1 Å². The zero-order valence-electron chi connectivity index (χ0n) is 10.3. The van der Waals surface area contributed by atoms with Crippen LogP contribution in [0.3, 0.4) is 0 Å². The second-order valence-corrected chi connectivity index (χ2v) is 5.33. The molecule has 2 N–H and O–H groups in total. The topological polar surface area (TPSA) is 58.6 Å². The lowest BCUT2D eigenvalue weighted by Crippen LogP contribution is -2.33. The summed E-state index contributed by atoms with van der Waals surface area (Å²) in [5.41, 5.74) is 1.09. The molecule has 1 saturated heterocycles. The largest absolute Gasteiger partial charge is 0.494 e. The van der Waals surface area contributed by atoms with E-state index in [0.717, 1.165) is 24.3 Å². The fourth-order valence-corrected chi connectivity index (χ4v) is 3.00. The van der Waals surface area contributed by atoms with Gasteiger partial charge in [0.1, 0.15) is 11.8 Å². The number of carbonyl (C=O) groups is 1. The maximum absolute atomic E-state index is 10.9. The van der Waals surface area contributed by atoms with Crippen molar-refractivity contribution in [2.24, 2.45) is 0 Å². The molecule has 0 aromatic heterocycles. The molecule has 18 heavy (non-hydrogen) atoms. The van der Waals surface area contributed by atoms with E-state index in [1.165, 1.54) is 0 Å². The van der Waals surface area contributed by atoms with Gasteiger partial charge in [-0.1, -0.05) is 19.1 Å². The van der Waals surface area contributed by atoms with Gasteiger partial charge in [-0.25, -0.2) is 0 Å². The van der Waals surface area contributed by atoms with E-state index < -0.39 is 12.0 Å². The van der Waals surface area contributed by atoms with Gasteiger partial charge in [0.05, 0.1) is 12.0 Å². The van der Waals surface area contributed by atoms with E-state index in [1.54, 1.807) is 11.8 Å². The molecule has 4 nitrogen and oxygen atoms in total. The van der Waals surface area contributed by atoms with Crippen molar-refractivity contribution in [3.05, 3.63) is 29.8 Å². The molecule has 0 radical (unpaired) electrons. The maximum Gasteiger partial charge on any atom is 0.321 e. The maximum atomic E-state index is 10.9. The van der Waals surface area contributed by atoms with Crippen LogP contribution in [0.25, 0.3) is 0 Å². The van der Waals surface area contributed by atoms with Crippen LogP contribution in [-0.4, -0.2) is 29.5 Å². The quantitative estimate of drug-likeness (QED) is 0.857. The first-order chi connectivity index (χ1) is 8.70. The van der Waals surface area contributed by atoms with E-state index >= 15 is 0 Å². The molecule has 5 heteroatoms. The molecule has 2 atom stereocenters. The molecule has 1 heterocycles. The van der Waals surface area contributed by atoms with Crippen molar-refractivity contribution in [3.63, 3.8) is 0 Å². The Hall–Kier alpha value is -1.20. The van der Waals surface area contributed by atoms with Gasteiger partial charge in [-0.15, -0.1) is 11.8 Å². The monoisotopic (exact) mass is 267 g/mol. The Kier molecular flexibility index (Phi) is 4.49. The van der Waals surface area contributed by atoms with Crippen LogP contribution in [0.15, 0.2) is 24.3 Å². The van der Waals surface area contributed by atoms with Gasteiger partial charge in [0.25, 0.3) is 0 Å². The van der Waals surface area contributed by atoms with Gasteiger partial charge >= 0.3 is 5.97 Å². The number of ether oxygens (including phenoxy) is 1. The zero-order chi connectivity index (χ0) is 13.0. The Morgan fingerprint density at radius 3 is 2.78 bits per heavy atom. The van der Waals surface area contributed by atoms with Crippen LogP contribution in [0.5, 0.6) is 5.75 Å². The molecule has 2 rings (SSSR count). The molecule has 98 valence electrons. The number of thioether (sulfide) groups is 1. The van der Waals surface area contributed by atoms with Crippen molar-refractivity contribution in [2.75, 3.05) is 12.4 Å². The predicted molar refractivity (Wildman–Crippen MR) is 72.0 cm³/mol. The van der Waals surface area contributed by atoms with Crippen molar-refractivity contribution in [3.8, 4) is 5.75 Å². The molecule has 0 spiro atoms. The van der Waals surface area contributed by atoms with E-state index in [1.807, 2.05) is 24.3 Å². The Bertz CT molecular complexity index is 407. The van der Waals surface area contributed by atoms with E-state index in [0.29, 0.717) is 5.75 Å². The fraction of sp³-hybridized carbons (Fsp3) is 0.462. The zero-order valence-corrected chi connectivity index (χ0v) is 11.1. The minimum atomic E-state index is -0.784. The van der Waals surface area contributed by atoms with Crippen LogP contribution in [0.2, 0.25) is 0 Å². The third-order valence-electron chi connectivity index (χ3n) is 2.74. The molecular weight excluding hydrogens is 250 g/mol. The summed E-state index contributed by atoms with van der Waals surface area (Å²) in [7, 11) is 0. The summed E-state index contributed by atoms with van der Waals surface area (Å²) in [6.07, 6.45) is 0.988. The highest BCUT2D eigenvalue weighted by molar-refractivity contribution is 7.99. The van der Waals surface area contributed by atoms with Gasteiger partial charge < -0.3 is 9.84 Å². The molecule has 0 aliphatic carbocycles. The lowest BCUT2D eigenvalue weighted by molar-refractivity contribution is -0.138. The standard InChI is InChI=1S/C13H17NO3S/c1-2-7-17-10-5-3-9(4-6-10)12-14-11(8-18-12)13(15)16/h3-6,11-12,14H,2,7-8H2,1H3,(H,15,16). The van der Waals surface area contributed by atoms with E-state index in [4.69, 9.17) is 9.84 Å². The molecule has 1 aromatic carbocycles. The summed E-state index contributed by atoms with van der Waals surface area (Å²) in [6, 6.07) is 7.39. The summed E-state index contributed by atoms with van der Waals surface area (Å²) in [5, 5.41) is 12.1. The molecule has 2 unspecified atom stereocenters. The number of hydrogen-bond donors (Lipinski definition) is 2. The van der Waals surface area contributed by atoms with Crippen LogP contribution in [0, 0.1) is 0 Å². The van der Waals surface area contributed by atoms with Gasteiger partial charge in [0, 0.05) is 5.75 Å². The Morgan fingerprint density at radius 1 is 1.50 bits per heavy atom. The molecule has 1 aliphatic heterocycles. The van der Waals surface area contributed by atoms with Crippen LogP contribution < -0.4 is 10.1 Å². The summed E-state index contributed by atoms with van der Waals surface area (Å²) in [4.78, 5) is 10.9. The van der Waals surface area contributed by atoms with Crippen molar-refractivity contribution < 1.29 is 14.6 Å². The second kappa shape index (κ2) is 6.11. The lowest BCUT2D eigenvalue weighted by Gasteiger charge is -2.12. The normalized spacial score (nSPS) is 22.9. The number of nitrogens with one attached hydrogen (secondary N) is 1. The highest BCUT2D eigenvalue weighted by atomic mass is 32.2. The van der Waals surface area contributed by atoms with Crippen molar-refractivity contribution >= 4 is 17.7 Å². The van der Waals surface area contributed by atoms with E-state index in [-0.39, 0.29) is 5.37 Å². The van der Waals surface area contributed by atoms with Gasteiger partial charge in [0.2, 0.25) is 0 Å². The minimum Gasteiger partial charge on any atom is -0.494 e. The van der Waals surface area contributed by atoms with Gasteiger partial charge in [-0.3, -0.25) is 10.1 Å². The van der Waals surface area contributed by atoms with Crippen molar-refractivity contribution in [1.82, 2.24) is 5.32 Å². The van der Waals surface area contributed by atoms with Gasteiger partial charge in [0.15, 0.2) is 0 Å². The summed E-state index contributed by atoms with van der Waals surface area (Å²) in [6.45, 7) is 2.79. The number of aliphatic carboxylic acids is 1. The Labute approximate surface area is 111 Å². The van der Waals surface area contributed by atoms with Crippen molar-refractivity contribution in [2.45, 2.75) is 24.8 Å². The number of benzene rings is 1. The lowest BCUT2D eigenvalue weighted by atomic mass is 10.2. The molecule has 0 amide bonds. The highest BCUT2D eigenvalue weighted by Crippen LogP contribution is 2.33. The third kappa shape index (κ3) is 3.17. The average molecular weight is 267 g/mol. The van der Waals surface area contributed by atoms with Gasteiger partial charge in [-0.2, -0.15) is 0 Å². The first-order valence-corrected chi connectivity index (χ1v) is 7.09. The molecule has 0 bridgehead atoms. The fourth-order valence-electron chi connectivity index (χ4n) is 1.77. The Balaban J connectivity index is 1.96. The second-order valence-electron chi connectivity index (χ2n) is 4.19. The first-order valence-electron chi connectivity index (χ1n) is 6.04. The minimum absolute atomic E-state index is 0.0614. The SMILES string of the molecule is CCCOc1ccc(C2NC(C(=O)O)CS2)cc1. The highest BCUT2D eigenvalue weighted by Gasteiger charge is 2.30. The van der Waals surface area contributed by atoms with Crippen LogP contribution >= 0.6 is 11.8 Å². The van der Waals surface area contributed by atoms with E-state index in [9.17, 15) is 4.79 Å². The summed E-state index contributed by atoms with van der Waals surface area (Å²) < 4.78 is 5.51. The summed E-state index contributed by atoms with van der Waals surface area (Å²) >= 11 is 1.62. The third-order valence-corrected chi connectivity index (χ3v) is 4.00. The molecule has 0 saturated carbocycles. The first kappa shape index (κ1) is 13.2. The molecule has 1 aliphatic rings. The average Bonchev–Trinajstić information content (AvgIpc) is 2.87.